The summed E-state index contributed by atoms with van der Waals surface area (Å²) in [5.74, 6) is -0.0514. The van der Waals surface area contributed by atoms with Crippen molar-refractivity contribution in [2.24, 2.45) is 0 Å². The lowest BCUT2D eigenvalue weighted by Gasteiger charge is -2.08. The zero-order chi connectivity index (χ0) is 21.0. The zero-order valence-corrected chi connectivity index (χ0v) is 17.5. The smallest absolute Gasteiger partial charge is 0.251 e. The first-order chi connectivity index (χ1) is 13.9. The second kappa shape index (κ2) is 8.93. The molecule has 1 aromatic heterocycles. The highest BCUT2D eigenvalue weighted by Crippen LogP contribution is 2.30. The van der Waals surface area contributed by atoms with E-state index < -0.39 is 0 Å². The first-order valence-corrected chi connectivity index (χ1v) is 9.93. The van der Waals surface area contributed by atoms with E-state index in [1.807, 2.05) is 61.9 Å². The summed E-state index contributed by atoms with van der Waals surface area (Å²) >= 11 is 6.21. The Hall–Kier alpha value is -3.10. The van der Waals surface area contributed by atoms with Gasteiger partial charge in [-0.2, -0.15) is 10.4 Å². The highest BCUT2D eigenvalue weighted by Gasteiger charge is 2.15. The van der Waals surface area contributed by atoms with Crippen molar-refractivity contribution in [2.75, 3.05) is 6.54 Å². The lowest BCUT2D eigenvalue weighted by Crippen LogP contribution is -2.23. The van der Waals surface area contributed by atoms with Gasteiger partial charge >= 0.3 is 0 Å². The summed E-state index contributed by atoms with van der Waals surface area (Å²) in [6.45, 7) is 7.29. The van der Waals surface area contributed by atoms with E-state index in [2.05, 4.69) is 16.5 Å². The van der Waals surface area contributed by atoms with Gasteiger partial charge in [-0.1, -0.05) is 36.7 Å². The molecule has 29 heavy (non-hydrogen) atoms. The van der Waals surface area contributed by atoms with Gasteiger partial charge < -0.3 is 5.32 Å². The number of hydrogen-bond acceptors (Lipinski definition) is 3. The second-order valence-electron chi connectivity index (χ2n) is 6.96. The Kier molecular flexibility index (Phi) is 6.36. The van der Waals surface area contributed by atoms with Crippen LogP contribution in [0.5, 0.6) is 0 Å². The van der Waals surface area contributed by atoms with Crippen molar-refractivity contribution in [3.8, 4) is 17.2 Å². The first kappa shape index (κ1) is 20.6. The summed E-state index contributed by atoms with van der Waals surface area (Å²) in [7, 11) is 0. The number of aromatic nitrogens is 2. The summed E-state index contributed by atoms with van der Waals surface area (Å²) in [5, 5.41) is 17.1. The van der Waals surface area contributed by atoms with Crippen molar-refractivity contribution < 1.29 is 4.79 Å². The van der Waals surface area contributed by atoms with E-state index in [-0.39, 0.29) is 5.91 Å². The molecule has 1 amide bonds. The Bertz CT molecular complexity index is 1080. The second-order valence-corrected chi connectivity index (χ2v) is 7.37. The lowest BCUT2D eigenvalue weighted by atomic mass is 10.0. The number of nitriles is 1. The fourth-order valence-corrected chi connectivity index (χ4v) is 3.53. The van der Waals surface area contributed by atoms with Crippen LogP contribution in [0.25, 0.3) is 11.1 Å². The molecule has 0 spiro atoms. The summed E-state index contributed by atoms with van der Waals surface area (Å²) < 4.78 is 1.95. The lowest BCUT2D eigenvalue weighted by molar-refractivity contribution is 0.0953. The summed E-state index contributed by atoms with van der Waals surface area (Å²) in [5.41, 5.74) is 6.06. The van der Waals surface area contributed by atoms with Crippen molar-refractivity contribution in [3.05, 3.63) is 75.6 Å². The molecule has 1 heterocycles. The Labute approximate surface area is 175 Å². The quantitative estimate of drug-likeness (QED) is 0.634. The minimum absolute atomic E-state index is 0.0514. The van der Waals surface area contributed by atoms with Crippen LogP contribution in [0.15, 0.2) is 42.5 Å². The third-order valence-electron chi connectivity index (χ3n) is 4.84. The molecule has 3 rings (SSSR count). The summed E-state index contributed by atoms with van der Waals surface area (Å²) in [6.07, 6.45) is 0.911. The molecule has 3 aromatic rings. The third-order valence-corrected chi connectivity index (χ3v) is 5.16. The average Bonchev–Trinajstić information content (AvgIpc) is 2.99. The number of carbonyl (C=O) groups is 1. The fraction of sp³-hybridized carbons (Fsp3) is 0.261. The van der Waals surface area contributed by atoms with Crippen LogP contribution in [0.3, 0.4) is 0 Å². The minimum Gasteiger partial charge on any atom is -0.352 e. The molecule has 0 radical (unpaired) electrons. The molecule has 2 aromatic carbocycles. The molecule has 6 heteroatoms. The molecule has 5 nitrogen and oxygen atoms in total. The number of rotatable bonds is 6. The van der Waals surface area contributed by atoms with E-state index >= 15 is 0 Å². The molecule has 148 valence electrons. The third kappa shape index (κ3) is 4.49. The van der Waals surface area contributed by atoms with Gasteiger partial charge in [0.1, 0.15) is 6.07 Å². The van der Waals surface area contributed by atoms with Gasteiger partial charge in [-0.3, -0.25) is 9.48 Å². The number of amides is 1. The van der Waals surface area contributed by atoms with E-state index in [4.69, 9.17) is 16.9 Å². The molecule has 0 saturated carbocycles. The minimum atomic E-state index is -0.0514. The van der Waals surface area contributed by atoms with Crippen molar-refractivity contribution in [1.82, 2.24) is 15.1 Å². The molecule has 0 saturated heterocycles. The van der Waals surface area contributed by atoms with Gasteiger partial charge in [0.25, 0.3) is 5.91 Å². The SMILES string of the molecule is CCCNC(=O)c1ccc(Cn2nc(C)c(-c3ccc(C#N)c(Cl)c3)c2C)cc1. The first-order valence-electron chi connectivity index (χ1n) is 9.55. The van der Waals surface area contributed by atoms with E-state index in [9.17, 15) is 4.79 Å². The van der Waals surface area contributed by atoms with E-state index in [0.29, 0.717) is 29.2 Å². The Morgan fingerprint density at radius 3 is 2.55 bits per heavy atom. The van der Waals surface area contributed by atoms with Crippen LogP contribution in [0, 0.1) is 25.2 Å². The Morgan fingerprint density at radius 1 is 1.21 bits per heavy atom. The van der Waals surface area contributed by atoms with Gasteiger partial charge in [0, 0.05) is 23.4 Å². The van der Waals surface area contributed by atoms with Gasteiger partial charge in [0.15, 0.2) is 0 Å². The molecule has 0 atom stereocenters. The number of halogens is 1. The van der Waals surface area contributed by atoms with E-state index in [0.717, 1.165) is 34.5 Å². The Morgan fingerprint density at radius 2 is 1.93 bits per heavy atom. The van der Waals surface area contributed by atoms with Crippen molar-refractivity contribution in [3.63, 3.8) is 0 Å². The molecule has 0 aliphatic heterocycles. The molecule has 0 aliphatic carbocycles. The van der Waals surface area contributed by atoms with Crippen molar-refractivity contribution in [2.45, 2.75) is 33.7 Å². The van der Waals surface area contributed by atoms with Gasteiger partial charge in [0.05, 0.1) is 22.8 Å². The average molecular weight is 407 g/mol. The van der Waals surface area contributed by atoms with Crippen LogP contribution < -0.4 is 5.32 Å². The van der Waals surface area contributed by atoms with Crippen LogP contribution in [-0.4, -0.2) is 22.2 Å². The van der Waals surface area contributed by atoms with Crippen LogP contribution in [-0.2, 0) is 6.54 Å². The van der Waals surface area contributed by atoms with Crippen LogP contribution in [0.1, 0.15) is 46.2 Å². The molecule has 0 aliphatic rings. The molecular formula is C23H23ClN4O. The molecule has 1 N–H and O–H groups in total. The van der Waals surface area contributed by atoms with Crippen LogP contribution >= 0.6 is 11.6 Å². The number of carbonyl (C=O) groups excluding carboxylic acids is 1. The summed E-state index contributed by atoms with van der Waals surface area (Å²) in [6, 6.07) is 15.1. The van der Waals surface area contributed by atoms with Crippen LogP contribution in [0.2, 0.25) is 5.02 Å². The summed E-state index contributed by atoms with van der Waals surface area (Å²) in [4.78, 5) is 12.0. The maximum Gasteiger partial charge on any atom is 0.251 e. The van der Waals surface area contributed by atoms with Gasteiger partial charge in [-0.15, -0.1) is 0 Å². The molecule has 0 unspecified atom stereocenters. The van der Waals surface area contributed by atoms with Gasteiger partial charge in [-0.25, -0.2) is 0 Å². The maximum absolute atomic E-state index is 12.0. The van der Waals surface area contributed by atoms with E-state index in [1.165, 1.54) is 0 Å². The largest absolute Gasteiger partial charge is 0.352 e. The predicted molar refractivity (Wildman–Crippen MR) is 115 cm³/mol. The maximum atomic E-state index is 12.0. The highest BCUT2D eigenvalue weighted by atomic mass is 35.5. The highest BCUT2D eigenvalue weighted by molar-refractivity contribution is 6.32. The van der Waals surface area contributed by atoms with Crippen LogP contribution in [0.4, 0.5) is 0 Å². The number of hydrogen-bond donors (Lipinski definition) is 1. The monoisotopic (exact) mass is 406 g/mol. The van der Waals surface area contributed by atoms with Crippen molar-refractivity contribution in [1.29, 1.82) is 5.26 Å². The number of aryl methyl sites for hydroxylation is 1. The molecule has 0 bridgehead atoms. The van der Waals surface area contributed by atoms with Gasteiger partial charge in [0.2, 0.25) is 0 Å². The number of nitrogens with one attached hydrogen (secondary N) is 1. The zero-order valence-electron chi connectivity index (χ0n) is 16.8. The molecule has 0 fully saturated rings. The van der Waals surface area contributed by atoms with Crippen molar-refractivity contribution >= 4 is 17.5 Å². The fourth-order valence-electron chi connectivity index (χ4n) is 3.30. The Balaban J connectivity index is 1.83. The molecular weight excluding hydrogens is 384 g/mol. The topological polar surface area (TPSA) is 70.7 Å². The van der Waals surface area contributed by atoms with Gasteiger partial charge in [-0.05, 0) is 55.7 Å². The standard InChI is InChI=1S/C23H23ClN4O/c1-4-11-26-23(29)18-7-5-17(6-8-18)14-28-16(3)22(15(2)27-28)19-9-10-20(13-25)21(24)12-19/h5-10,12H,4,11,14H2,1-3H3,(H,26,29). The number of nitrogens with zero attached hydrogens (tertiary/aromatic N) is 3. The number of benzene rings is 2. The predicted octanol–water partition coefficient (Wildman–Crippen LogP) is 4.88. The normalized spacial score (nSPS) is 10.6. The van der Waals surface area contributed by atoms with E-state index in [1.54, 1.807) is 6.07 Å².